The van der Waals surface area contributed by atoms with E-state index in [4.69, 9.17) is 11.0 Å². The lowest BCUT2D eigenvalue weighted by Gasteiger charge is -2.02. The predicted octanol–water partition coefficient (Wildman–Crippen LogP) is 1.16. The van der Waals surface area contributed by atoms with E-state index >= 15 is 0 Å². The summed E-state index contributed by atoms with van der Waals surface area (Å²) in [6, 6.07) is 7.31. The number of carbonyl (C=O) groups excluding carboxylic acids is 1. The molecule has 0 aromatic heterocycles. The van der Waals surface area contributed by atoms with Crippen molar-refractivity contribution >= 4 is 5.91 Å². The SMILES string of the molecule is Cc1ccc(CC#N)cc1C(N)=O. The van der Waals surface area contributed by atoms with Gasteiger partial charge in [0.25, 0.3) is 0 Å². The molecule has 0 fully saturated rings. The number of nitrogens with two attached hydrogens (primary N) is 1. The van der Waals surface area contributed by atoms with Crippen molar-refractivity contribution in [2.75, 3.05) is 0 Å². The third-order valence-corrected chi connectivity index (χ3v) is 1.85. The zero-order valence-corrected chi connectivity index (χ0v) is 7.37. The molecule has 0 saturated heterocycles. The van der Waals surface area contributed by atoms with E-state index < -0.39 is 5.91 Å². The summed E-state index contributed by atoms with van der Waals surface area (Å²) in [5.41, 5.74) is 7.31. The van der Waals surface area contributed by atoms with E-state index in [1.165, 1.54) is 0 Å². The number of primary amides is 1. The molecule has 0 heterocycles. The fourth-order valence-electron chi connectivity index (χ4n) is 1.14. The van der Waals surface area contributed by atoms with Crippen LogP contribution < -0.4 is 5.73 Å². The minimum Gasteiger partial charge on any atom is -0.366 e. The van der Waals surface area contributed by atoms with Crippen LogP contribution in [-0.4, -0.2) is 5.91 Å². The summed E-state index contributed by atoms with van der Waals surface area (Å²) >= 11 is 0. The standard InChI is InChI=1S/C10H10N2O/c1-7-2-3-8(4-5-11)6-9(7)10(12)13/h2-3,6H,4H2,1H3,(H2,12,13). The van der Waals surface area contributed by atoms with Crippen molar-refractivity contribution in [3.63, 3.8) is 0 Å². The molecular weight excluding hydrogens is 164 g/mol. The maximum atomic E-state index is 10.9. The average molecular weight is 174 g/mol. The predicted molar refractivity (Wildman–Crippen MR) is 49.0 cm³/mol. The monoisotopic (exact) mass is 174 g/mol. The topological polar surface area (TPSA) is 66.9 Å². The first-order valence-corrected chi connectivity index (χ1v) is 3.91. The quantitative estimate of drug-likeness (QED) is 0.731. The summed E-state index contributed by atoms with van der Waals surface area (Å²) in [6.45, 7) is 1.82. The summed E-state index contributed by atoms with van der Waals surface area (Å²) in [5.74, 6) is -0.447. The Morgan fingerprint density at radius 3 is 2.85 bits per heavy atom. The lowest BCUT2D eigenvalue weighted by Crippen LogP contribution is -2.12. The molecular formula is C10H10N2O. The molecule has 0 radical (unpaired) electrons. The zero-order chi connectivity index (χ0) is 9.84. The van der Waals surface area contributed by atoms with Crippen molar-refractivity contribution in [1.82, 2.24) is 0 Å². The van der Waals surface area contributed by atoms with Gasteiger partial charge in [-0.3, -0.25) is 4.79 Å². The largest absolute Gasteiger partial charge is 0.366 e. The number of amides is 1. The maximum absolute atomic E-state index is 10.9. The Bertz CT molecular complexity index is 377. The van der Waals surface area contributed by atoms with Crippen LogP contribution in [0.1, 0.15) is 21.5 Å². The van der Waals surface area contributed by atoms with Gasteiger partial charge in [-0.15, -0.1) is 0 Å². The second kappa shape index (κ2) is 3.72. The Hall–Kier alpha value is -1.82. The van der Waals surface area contributed by atoms with Crippen LogP contribution in [0, 0.1) is 18.3 Å². The molecule has 1 aromatic rings. The smallest absolute Gasteiger partial charge is 0.248 e. The van der Waals surface area contributed by atoms with E-state index in [9.17, 15) is 4.79 Å². The molecule has 0 spiro atoms. The second-order valence-electron chi connectivity index (χ2n) is 2.85. The van der Waals surface area contributed by atoms with Crippen molar-refractivity contribution < 1.29 is 4.79 Å². The number of nitriles is 1. The van der Waals surface area contributed by atoms with E-state index in [1.54, 1.807) is 12.1 Å². The Morgan fingerprint density at radius 2 is 2.31 bits per heavy atom. The number of aryl methyl sites for hydroxylation is 1. The molecule has 0 atom stereocenters. The van der Waals surface area contributed by atoms with Crippen LogP contribution in [0.5, 0.6) is 0 Å². The van der Waals surface area contributed by atoms with Gasteiger partial charge in [-0.25, -0.2) is 0 Å². The molecule has 0 saturated carbocycles. The van der Waals surface area contributed by atoms with Gasteiger partial charge in [-0.05, 0) is 24.1 Å². The van der Waals surface area contributed by atoms with E-state index in [2.05, 4.69) is 0 Å². The number of rotatable bonds is 2. The van der Waals surface area contributed by atoms with E-state index in [-0.39, 0.29) is 0 Å². The number of carbonyl (C=O) groups is 1. The number of benzene rings is 1. The minimum atomic E-state index is -0.447. The van der Waals surface area contributed by atoms with Gasteiger partial charge in [0.1, 0.15) is 0 Å². The van der Waals surface area contributed by atoms with Crippen molar-refractivity contribution in [3.8, 4) is 6.07 Å². The molecule has 2 N–H and O–H groups in total. The Labute approximate surface area is 76.8 Å². The van der Waals surface area contributed by atoms with Gasteiger partial charge in [0, 0.05) is 5.56 Å². The Kier molecular flexibility index (Phi) is 2.65. The molecule has 0 unspecified atom stereocenters. The first kappa shape index (κ1) is 9.27. The maximum Gasteiger partial charge on any atom is 0.248 e. The van der Waals surface area contributed by atoms with Crippen LogP contribution in [-0.2, 0) is 6.42 Å². The van der Waals surface area contributed by atoms with Crippen LogP contribution in [0.3, 0.4) is 0 Å². The minimum absolute atomic E-state index is 0.306. The molecule has 0 aliphatic heterocycles. The summed E-state index contributed by atoms with van der Waals surface area (Å²) < 4.78 is 0. The summed E-state index contributed by atoms with van der Waals surface area (Å²) in [5, 5.41) is 8.45. The highest BCUT2D eigenvalue weighted by Crippen LogP contribution is 2.10. The molecule has 3 nitrogen and oxygen atoms in total. The van der Waals surface area contributed by atoms with E-state index in [1.807, 2.05) is 19.1 Å². The van der Waals surface area contributed by atoms with Gasteiger partial charge in [-0.2, -0.15) is 5.26 Å². The highest BCUT2D eigenvalue weighted by molar-refractivity contribution is 5.94. The van der Waals surface area contributed by atoms with Gasteiger partial charge >= 0.3 is 0 Å². The first-order valence-electron chi connectivity index (χ1n) is 3.91. The van der Waals surface area contributed by atoms with Gasteiger partial charge in [0.2, 0.25) is 5.91 Å². The van der Waals surface area contributed by atoms with E-state index in [0.717, 1.165) is 11.1 Å². The molecule has 3 heteroatoms. The van der Waals surface area contributed by atoms with Gasteiger partial charge in [-0.1, -0.05) is 12.1 Å². The molecule has 0 aliphatic carbocycles. The highest BCUT2D eigenvalue weighted by atomic mass is 16.1. The van der Waals surface area contributed by atoms with Crippen LogP contribution >= 0.6 is 0 Å². The fraction of sp³-hybridized carbons (Fsp3) is 0.200. The normalized spacial score (nSPS) is 9.23. The van der Waals surface area contributed by atoms with Crippen molar-refractivity contribution in [1.29, 1.82) is 5.26 Å². The summed E-state index contributed by atoms with van der Waals surface area (Å²) in [6.07, 6.45) is 0.306. The van der Waals surface area contributed by atoms with Crippen molar-refractivity contribution in [3.05, 3.63) is 34.9 Å². The summed E-state index contributed by atoms with van der Waals surface area (Å²) in [7, 11) is 0. The molecule has 1 amide bonds. The average Bonchev–Trinajstić information content (AvgIpc) is 2.08. The van der Waals surface area contributed by atoms with Crippen molar-refractivity contribution in [2.45, 2.75) is 13.3 Å². The molecule has 1 aromatic carbocycles. The van der Waals surface area contributed by atoms with Crippen LogP contribution in [0.25, 0.3) is 0 Å². The molecule has 0 aliphatic rings. The van der Waals surface area contributed by atoms with Crippen molar-refractivity contribution in [2.24, 2.45) is 5.73 Å². The number of hydrogen-bond donors (Lipinski definition) is 1. The molecule has 66 valence electrons. The van der Waals surface area contributed by atoms with Crippen LogP contribution in [0.4, 0.5) is 0 Å². The Balaban J connectivity index is 3.13. The number of nitrogens with zero attached hydrogens (tertiary/aromatic N) is 1. The summed E-state index contributed by atoms with van der Waals surface area (Å²) in [4.78, 5) is 10.9. The van der Waals surface area contributed by atoms with Gasteiger partial charge < -0.3 is 5.73 Å². The first-order chi connectivity index (χ1) is 6.15. The third kappa shape index (κ3) is 2.06. The van der Waals surface area contributed by atoms with Gasteiger partial charge in [0.05, 0.1) is 12.5 Å². The lowest BCUT2D eigenvalue weighted by atomic mass is 10.0. The Morgan fingerprint density at radius 1 is 1.62 bits per heavy atom. The number of hydrogen-bond acceptors (Lipinski definition) is 2. The van der Waals surface area contributed by atoms with Gasteiger partial charge in [0.15, 0.2) is 0 Å². The highest BCUT2D eigenvalue weighted by Gasteiger charge is 2.05. The fourth-order valence-corrected chi connectivity index (χ4v) is 1.14. The molecule has 1 rings (SSSR count). The van der Waals surface area contributed by atoms with Crippen LogP contribution in [0.2, 0.25) is 0 Å². The third-order valence-electron chi connectivity index (χ3n) is 1.85. The van der Waals surface area contributed by atoms with E-state index in [0.29, 0.717) is 12.0 Å². The zero-order valence-electron chi connectivity index (χ0n) is 7.37. The molecule has 0 bridgehead atoms. The second-order valence-corrected chi connectivity index (χ2v) is 2.85. The molecule has 13 heavy (non-hydrogen) atoms. The van der Waals surface area contributed by atoms with Crippen LogP contribution in [0.15, 0.2) is 18.2 Å². The lowest BCUT2D eigenvalue weighted by molar-refractivity contribution is 0.0999.